The highest BCUT2D eigenvalue weighted by Gasteiger charge is 2.32. The number of benzene rings is 1. The van der Waals surface area contributed by atoms with Crippen molar-refractivity contribution in [3.63, 3.8) is 0 Å². The Bertz CT molecular complexity index is 416. The summed E-state index contributed by atoms with van der Waals surface area (Å²) in [5, 5.41) is 9.13. The molecule has 1 unspecified atom stereocenters. The van der Waals surface area contributed by atoms with Crippen molar-refractivity contribution in [1.82, 2.24) is 4.90 Å². The summed E-state index contributed by atoms with van der Waals surface area (Å²) in [5.74, 6) is 1.02. The number of likely N-dealkylation sites (tertiary alicyclic amines) is 1. The minimum Gasteiger partial charge on any atom is -0.497 e. The molecule has 18 heavy (non-hydrogen) atoms. The molecule has 1 saturated heterocycles. The van der Waals surface area contributed by atoms with Crippen molar-refractivity contribution in [2.45, 2.75) is 19.4 Å². The van der Waals surface area contributed by atoms with Crippen LogP contribution in [0.4, 0.5) is 0 Å². The highest BCUT2D eigenvalue weighted by atomic mass is 16.5. The van der Waals surface area contributed by atoms with Gasteiger partial charge in [-0.3, -0.25) is 4.79 Å². The molecule has 0 saturated carbocycles. The van der Waals surface area contributed by atoms with E-state index >= 15 is 0 Å². The van der Waals surface area contributed by atoms with Gasteiger partial charge in [0.15, 0.2) is 0 Å². The van der Waals surface area contributed by atoms with Crippen LogP contribution in [0.2, 0.25) is 0 Å². The van der Waals surface area contributed by atoms with Crippen molar-refractivity contribution in [3.05, 3.63) is 29.8 Å². The van der Waals surface area contributed by atoms with Crippen molar-refractivity contribution in [2.75, 3.05) is 20.3 Å². The van der Waals surface area contributed by atoms with Gasteiger partial charge in [-0.1, -0.05) is 12.1 Å². The lowest BCUT2D eigenvalue weighted by atomic mass is 10.1. The van der Waals surface area contributed by atoms with Gasteiger partial charge in [0.25, 0.3) is 0 Å². The lowest BCUT2D eigenvalue weighted by molar-refractivity contribution is -0.129. The highest BCUT2D eigenvalue weighted by Crippen LogP contribution is 2.29. The summed E-state index contributed by atoms with van der Waals surface area (Å²) in [7, 11) is 1.63. The number of aliphatic hydroxyl groups excluding tert-OH is 1. The number of hydrogen-bond acceptors (Lipinski definition) is 3. The lowest BCUT2D eigenvalue weighted by Gasteiger charge is -2.25. The second-order valence-corrected chi connectivity index (χ2v) is 4.75. The first-order chi connectivity index (χ1) is 8.65. The molecule has 1 heterocycles. The first kappa shape index (κ1) is 12.9. The van der Waals surface area contributed by atoms with Crippen LogP contribution in [-0.4, -0.2) is 36.2 Å². The van der Waals surface area contributed by atoms with E-state index in [2.05, 4.69) is 0 Å². The van der Waals surface area contributed by atoms with Gasteiger partial charge >= 0.3 is 0 Å². The van der Waals surface area contributed by atoms with Crippen LogP contribution in [0, 0.1) is 5.92 Å². The van der Waals surface area contributed by atoms with Gasteiger partial charge in [0.05, 0.1) is 13.2 Å². The molecule has 2 atom stereocenters. The average Bonchev–Trinajstić information content (AvgIpc) is 2.79. The smallest absolute Gasteiger partial charge is 0.223 e. The van der Waals surface area contributed by atoms with E-state index < -0.39 is 0 Å². The van der Waals surface area contributed by atoms with E-state index in [-0.39, 0.29) is 24.5 Å². The Balaban J connectivity index is 2.10. The summed E-state index contributed by atoms with van der Waals surface area (Å²) in [4.78, 5) is 13.7. The molecule has 0 radical (unpaired) electrons. The SMILES string of the molecule is COc1ccc([C@H](C)N2CC(CO)CC2=O)cc1. The Kier molecular flexibility index (Phi) is 3.87. The third-order valence-corrected chi connectivity index (χ3v) is 3.56. The maximum absolute atomic E-state index is 11.9. The molecular weight excluding hydrogens is 230 g/mol. The fourth-order valence-electron chi connectivity index (χ4n) is 2.37. The van der Waals surface area contributed by atoms with Gasteiger partial charge < -0.3 is 14.7 Å². The quantitative estimate of drug-likeness (QED) is 0.881. The molecule has 1 N–H and O–H groups in total. The number of rotatable bonds is 4. The fourth-order valence-corrected chi connectivity index (χ4v) is 2.37. The van der Waals surface area contributed by atoms with Crippen LogP contribution in [0.15, 0.2) is 24.3 Å². The minimum absolute atomic E-state index is 0.0416. The molecule has 0 aromatic heterocycles. The molecule has 98 valence electrons. The number of methoxy groups -OCH3 is 1. The summed E-state index contributed by atoms with van der Waals surface area (Å²) in [5.41, 5.74) is 1.09. The first-order valence-electron chi connectivity index (χ1n) is 6.20. The van der Waals surface area contributed by atoms with E-state index in [9.17, 15) is 4.79 Å². The van der Waals surface area contributed by atoms with Gasteiger partial charge in [-0.25, -0.2) is 0 Å². The molecule has 1 amide bonds. The van der Waals surface area contributed by atoms with Crippen LogP contribution < -0.4 is 4.74 Å². The number of carbonyl (C=O) groups is 1. The number of nitrogens with zero attached hydrogens (tertiary/aromatic N) is 1. The van der Waals surface area contributed by atoms with Gasteiger partial charge in [-0.05, 0) is 24.6 Å². The van der Waals surface area contributed by atoms with E-state index in [4.69, 9.17) is 9.84 Å². The topological polar surface area (TPSA) is 49.8 Å². The minimum atomic E-state index is 0.0416. The number of amides is 1. The Labute approximate surface area is 107 Å². The van der Waals surface area contributed by atoms with Gasteiger partial charge in [0, 0.05) is 25.5 Å². The van der Waals surface area contributed by atoms with Crippen LogP contribution in [0.1, 0.15) is 24.9 Å². The summed E-state index contributed by atoms with van der Waals surface area (Å²) in [6, 6.07) is 7.79. The third kappa shape index (κ3) is 2.48. The first-order valence-corrected chi connectivity index (χ1v) is 6.20. The molecule has 1 aromatic carbocycles. The number of aliphatic hydroxyl groups is 1. The molecular formula is C14H19NO3. The third-order valence-electron chi connectivity index (χ3n) is 3.56. The van der Waals surface area contributed by atoms with Crippen LogP contribution in [-0.2, 0) is 4.79 Å². The summed E-state index contributed by atoms with van der Waals surface area (Å²) in [6.45, 7) is 2.74. The standard InChI is InChI=1S/C14H19NO3/c1-10(12-3-5-13(18-2)6-4-12)15-8-11(9-16)7-14(15)17/h3-6,10-11,16H,7-9H2,1-2H3/t10-,11?/m0/s1. The predicted molar refractivity (Wildman–Crippen MR) is 68.3 cm³/mol. The van der Waals surface area contributed by atoms with Gasteiger partial charge in [0.1, 0.15) is 5.75 Å². The average molecular weight is 249 g/mol. The molecule has 0 spiro atoms. The lowest BCUT2D eigenvalue weighted by Crippen LogP contribution is -2.28. The Morgan fingerprint density at radius 1 is 1.44 bits per heavy atom. The molecule has 1 aliphatic rings. The second-order valence-electron chi connectivity index (χ2n) is 4.75. The van der Waals surface area contributed by atoms with Crippen molar-refractivity contribution in [1.29, 1.82) is 0 Å². The van der Waals surface area contributed by atoms with Crippen molar-refractivity contribution < 1.29 is 14.6 Å². The van der Waals surface area contributed by atoms with E-state index in [0.29, 0.717) is 13.0 Å². The molecule has 0 aliphatic carbocycles. The Morgan fingerprint density at radius 2 is 2.11 bits per heavy atom. The van der Waals surface area contributed by atoms with Crippen molar-refractivity contribution in [3.8, 4) is 5.75 Å². The number of ether oxygens (including phenoxy) is 1. The normalized spacial score (nSPS) is 21.2. The maximum Gasteiger partial charge on any atom is 0.223 e. The molecule has 4 heteroatoms. The van der Waals surface area contributed by atoms with Gasteiger partial charge in [-0.15, -0.1) is 0 Å². The molecule has 1 aliphatic heterocycles. The zero-order valence-electron chi connectivity index (χ0n) is 10.8. The summed E-state index contributed by atoms with van der Waals surface area (Å²) in [6.07, 6.45) is 0.455. The van der Waals surface area contributed by atoms with Crippen LogP contribution >= 0.6 is 0 Å². The number of carbonyl (C=O) groups excluding carboxylic acids is 1. The molecule has 0 bridgehead atoms. The fraction of sp³-hybridized carbons (Fsp3) is 0.500. The van der Waals surface area contributed by atoms with Crippen molar-refractivity contribution in [2.24, 2.45) is 5.92 Å². The molecule has 2 rings (SSSR count). The predicted octanol–water partition coefficient (Wildman–Crippen LogP) is 1.60. The summed E-state index contributed by atoms with van der Waals surface area (Å²) >= 11 is 0. The zero-order valence-corrected chi connectivity index (χ0v) is 10.8. The van der Waals surface area contributed by atoms with E-state index in [0.717, 1.165) is 11.3 Å². The monoisotopic (exact) mass is 249 g/mol. The van der Waals surface area contributed by atoms with E-state index in [1.807, 2.05) is 36.1 Å². The maximum atomic E-state index is 11.9. The van der Waals surface area contributed by atoms with Crippen LogP contribution in [0.3, 0.4) is 0 Å². The molecule has 1 aromatic rings. The number of hydrogen-bond donors (Lipinski definition) is 1. The Hall–Kier alpha value is -1.55. The molecule has 1 fully saturated rings. The van der Waals surface area contributed by atoms with Crippen LogP contribution in [0.5, 0.6) is 5.75 Å². The van der Waals surface area contributed by atoms with Crippen LogP contribution in [0.25, 0.3) is 0 Å². The summed E-state index contributed by atoms with van der Waals surface area (Å²) < 4.78 is 5.12. The Morgan fingerprint density at radius 3 is 2.61 bits per heavy atom. The second kappa shape index (κ2) is 5.40. The van der Waals surface area contributed by atoms with Gasteiger partial charge in [0.2, 0.25) is 5.91 Å². The molecule has 4 nitrogen and oxygen atoms in total. The van der Waals surface area contributed by atoms with Gasteiger partial charge in [-0.2, -0.15) is 0 Å². The van der Waals surface area contributed by atoms with Crippen molar-refractivity contribution >= 4 is 5.91 Å². The highest BCUT2D eigenvalue weighted by molar-refractivity contribution is 5.79. The largest absolute Gasteiger partial charge is 0.497 e. The van der Waals surface area contributed by atoms with E-state index in [1.54, 1.807) is 7.11 Å². The van der Waals surface area contributed by atoms with E-state index in [1.165, 1.54) is 0 Å². The zero-order chi connectivity index (χ0) is 13.1.